The Morgan fingerprint density at radius 1 is 1.50 bits per heavy atom. The fraction of sp³-hybridized carbons (Fsp3) is 0.500. The van der Waals surface area contributed by atoms with E-state index in [1.165, 1.54) is 0 Å². The molecule has 1 aliphatic rings. The third kappa shape index (κ3) is 3.24. The van der Waals surface area contributed by atoms with Crippen LogP contribution >= 0.6 is 11.6 Å². The molecule has 0 radical (unpaired) electrons. The number of carbonyl (C=O) groups is 1. The fourth-order valence-corrected chi connectivity index (χ4v) is 2.42. The van der Waals surface area contributed by atoms with Gasteiger partial charge < -0.3 is 10.1 Å². The van der Waals surface area contributed by atoms with Gasteiger partial charge in [-0.15, -0.1) is 0 Å². The van der Waals surface area contributed by atoms with E-state index in [4.69, 9.17) is 16.3 Å². The van der Waals surface area contributed by atoms with Crippen molar-refractivity contribution in [1.82, 2.24) is 5.32 Å². The first-order chi connectivity index (χ1) is 8.70. The second-order valence-corrected chi connectivity index (χ2v) is 4.98. The summed E-state index contributed by atoms with van der Waals surface area (Å²) in [6.07, 6.45) is 2.30. The van der Waals surface area contributed by atoms with Crippen molar-refractivity contribution in [2.24, 2.45) is 0 Å². The zero-order chi connectivity index (χ0) is 13.0. The number of Topliss-reactive ketones (excluding diaryl/α,β-unsaturated/α-hetero) is 1. The van der Waals surface area contributed by atoms with Crippen molar-refractivity contribution >= 4 is 17.4 Å². The number of hydrogen-bond acceptors (Lipinski definition) is 3. The van der Waals surface area contributed by atoms with Gasteiger partial charge in [0.05, 0.1) is 13.2 Å². The lowest BCUT2D eigenvalue weighted by molar-refractivity contribution is -0.117. The predicted octanol–water partition coefficient (Wildman–Crippen LogP) is 2.39. The maximum atomic E-state index is 11.8. The average Bonchev–Trinajstić information content (AvgIpc) is 2.77. The van der Waals surface area contributed by atoms with Crippen molar-refractivity contribution in [3.63, 3.8) is 0 Å². The van der Waals surface area contributed by atoms with Crippen LogP contribution < -0.4 is 10.1 Å². The number of halogens is 1. The molecule has 4 heteroatoms. The normalized spacial score (nSPS) is 13.2. The molecular formula is C14H18ClNO2. The van der Waals surface area contributed by atoms with Gasteiger partial charge in [-0.3, -0.25) is 4.79 Å². The van der Waals surface area contributed by atoms with Gasteiger partial charge in [0.15, 0.2) is 5.78 Å². The summed E-state index contributed by atoms with van der Waals surface area (Å²) in [6.45, 7) is 4.05. The van der Waals surface area contributed by atoms with Crippen LogP contribution in [0.25, 0.3) is 0 Å². The van der Waals surface area contributed by atoms with Crippen LogP contribution in [0.3, 0.4) is 0 Å². The SMILES string of the molecule is CCCNCC(=O)Cc1cc(Cl)cc2c1OCC2. The van der Waals surface area contributed by atoms with Crippen molar-refractivity contribution in [3.05, 3.63) is 28.3 Å². The molecule has 0 spiro atoms. The van der Waals surface area contributed by atoms with E-state index < -0.39 is 0 Å². The lowest BCUT2D eigenvalue weighted by Crippen LogP contribution is -2.24. The van der Waals surface area contributed by atoms with E-state index in [9.17, 15) is 4.79 Å². The van der Waals surface area contributed by atoms with Gasteiger partial charge in [-0.2, -0.15) is 0 Å². The molecule has 1 aromatic rings. The highest BCUT2D eigenvalue weighted by molar-refractivity contribution is 6.30. The van der Waals surface area contributed by atoms with Gasteiger partial charge in [-0.25, -0.2) is 0 Å². The molecule has 98 valence electrons. The molecule has 1 heterocycles. The van der Waals surface area contributed by atoms with Crippen LogP contribution in [0.2, 0.25) is 5.02 Å². The average molecular weight is 268 g/mol. The van der Waals surface area contributed by atoms with E-state index in [0.29, 0.717) is 24.6 Å². The first-order valence-electron chi connectivity index (χ1n) is 6.37. The second-order valence-electron chi connectivity index (χ2n) is 4.54. The maximum absolute atomic E-state index is 11.8. The molecule has 0 bridgehead atoms. The lowest BCUT2D eigenvalue weighted by Gasteiger charge is -2.08. The second kappa shape index (κ2) is 6.21. The van der Waals surface area contributed by atoms with Gasteiger partial charge in [-0.1, -0.05) is 18.5 Å². The fourth-order valence-electron chi connectivity index (χ4n) is 2.16. The minimum Gasteiger partial charge on any atom is -0.493 e. The third-order valence-corrected chi connectivity index (χ3v) is 3.18. The summed E-state index contributed by atoms with van der Waals surface area (Å²) in [5, 5.41) is 3.80. The maximum Gasteiger partial charge on any atom is 0.151 e. The Bertz CT molecular complexity index is 446. The highest BCUT2D eigenvalue weighted by Crippen LogP contribution is 2.33. The molecule has 0 aromatic heterocycles. The number of ether oxygens (including phenoxy) is 1. The predicted molar refractivity (Wildman–Crippen MR) is 72.5 cm³/mol. The van der Waals surface area contributed by atoms with E-state index in [1.807, 2.05) is 12.1 Å². The van der Waals surface area contributed by atoms with E-state index in [0.717, 1.165) is 36.3 Å². The lowest BCUT2D eigenvalue weighted by atomic mass is 10.0. The number of nitrogens with one attached hydrogen (secondary N) is 1. The Kier molecular flexibility index (Phi) is 4.61. The summed E-state index contributed by atoms with van der Waals surface area (Å²) in [7, 11) is 0. The summed E-state index contributed by atoms with van der Waals surface area (Å²) in [4.78, 5) is 11.8. The molecule has 1 aromatic carbocycles. The van der Waals surface area contributed by atoms with Crippen molar-refractivity contribution in [1.29, 1.82) is 0 Å². The molecule has 2 rings (SSSR count). The largest absolute Gasteiger partial charge is 0.493 e. The Morgan fingerprint density at radius 2 is 2.33 bits per heavy atom. The molecular weight excluding hydrogens is 250 g/mol. The number of benzene rings is 1. The zero-order valence-electron chi connectivity index (χ0n) is 10.6. The molecule has 1 N–H and O–H groups in total. The number of hydrogen-bond donors (Lipinski definition) is 1. The third-order valence-electron chi connectivity index (χ3n) is 2.96. The van der Waals surface area contributed by atoms with Crippen molar-refractivity contribution in [2.45, 2.75) is 26.2 Å². The summed E-state index contributed by atoms with van der Waals surface area (Å²) in [5.74, 6) is 1.03. The van der Waals surface area contributed by atoms with E-state index in [2.05, 4.69) is 12.2 Å². The van der Waals surface area contributed by atoms with Crippen LogP contribution in [-0.2, 0) is 17.6 Å². The molecule has 18 heavy (non-hydrogen) atoms. The Hall–Kier alpha value is -1.06. The highest BCUT2D eigenvalue weighted by Gasteiger charge is 2.19. The number of fused-ring (bicyclic) bond motifs is 1. The molecule has 1 aliphatic heterocycles. The number of ketones is 1. The van der Waals surface area contributed by atoms with Gasteiger partial charge in [0, 0.05) is 23.4 Å². The van der Waals surface area contributed by atoms with Crippen LogP contribution in [0.15, 0.2) is 12.1 Å². The van der Waals surface area contributed by atoms with Gasteiger partial charge >= 0.3 is 0 Å². The first kappa shape index (κ1) is 13.4. The zero-order valence-corrected chi connectivity index (χ0v) is 11.3. The molecule has 0 fully saturated rings. The molecule has 0 unspecified atom stereocenters. The number of carbonyl (C=O) groups excluding carboxylic acids is 1. The first-order valence-corrected chi connectivity index (χ1v) is 6.75. The van der Waals surface area contributed by atoms with Crippen molar-refractivity contribution in [3.8, 4) is 5.75 Å². The molecule has 0 amide bonds. The van der Waals surface area contributed by atoms with E-state index in [1.54, 1.807) is 0 Å². The van der Waals surface area contributed by atoms with Gasteiger partial charge in [0.1, 0.15) is 5.75 Å². The minimum atomic E-state index is 0.170. The van der Waals surface area contributed by atoms with Gasteiger partial charge in [0.25, 0.3) is 0 Å². The topological polar surface area (TPSA) is 38.3 Å². The van der Waals surface area contributed by atoms with Crippen LogP contribution in [0, 0.1) is 0 Å². The Morgan fingerprint density at radius 3 is 3.11 bits per heavy atom. The van der Waals surface area contributed by atoms with Crippen LogP contribution in [0.5, 0.6) is 5.75 Å². The summed E-state index contributed by atoms with van der Waals surface area (Å²) in [5.41, 5.74) is 2.03. The van der Waals surface area contributed by atoms with Crippen molar-refractivity contribution in [2.75, 3.05) is 19.7 Å². The summed E-state index contributed by atoms with van der Waals surface area (Å²) < 4.78 is 5.58. The Balaban J connectivity index is 2.03. The summed E-state index contributed by atoms with van der Waals surface area (Å²) in [6, 6.07) is 3.76. The standard InChI is InChI=1S/C14H18ClNO2/c1-2-4-16-9-13(17)8-11-7-12(15)6-10-3-5-18-14(10)11/h6-7,16H,2-5,8-9H2,1H3. The van der Waals surface area contributed by atoms with E-state index in [-0.39, 0.29) is 5.78 Å². The smallest absolute Gasteiger partial charge is 0.151 e. The quantitative estimate of drug-likeness (QED) is 0.805. The molecule has 3 nitrogen and oxygen atoms in total. The molecule has 0 atom stereocenters. The van der Waals surface area contributed by atoms with Crippen LogP contribution in [-0.4, -0.2) is 25.5 Å². The van der Waals surface area contributed by atoms with E-state index >= 15 is 0 Å². The molecule has 0 saturated heterocycles. The molecule has 0 saturated carbocycles. The monoisotopic (exact) mass is 267 g/mol. The summed E-state index contributed by atoms with van der Waals surface area (Å²) >= 11 is 6.06. The number of rotatable bonds is 6. The highest BCUT2D eigenvalue weighted by atomic mass is 35.5. The minimum absolute atomic E-state index is 0.170. The Labute approximate surface area is 112 Å². The van der Waals surface area contributed by atoms with Crippen LogP contribution in [0.1, 0.15) is 24.5 Å². The van der Waals surface area contributed by atoms with Gasteiger partial charge in [-0.05, 0) is 30.7 Å². The van der Waals surface area contributed by atoms with Gasteiger partial charge in [0.2, 0.25) is 0 Å². The molecule has 0 aliphatic carbocycles. The van der Waals surface area contributed by atoms with Crippen molar-refractivity contribution < 1.29 is 9.53 Å². The van der Waals surface area contributed by atoms with Crippen LogP contribution in [0.4, 0.5) is 0 Å².